The first-order valence-electron chi connectivity index (χ1n) is 8.43. The third kappa shape index (κ3) is 8.13. The van der Waals surface area contributed by atoms with E-state index >= 15 is 0 Å². The van der Waals surface area contributed by atoms with Gasteiger partial charge in [0.15, 0.2) is 0 Å². The second kappa shape index (κ2) is 10.8. The van der Waals surface area contributed by atoms with Gasteiger partial charge in [-0.25, -0.2) is 5.43 Å². The molecule has 1 aromatic carbocycles. The van der Waals surface area contributed by atoms with Gasteiger partial charge in [-0.1, -0.05) is 63.6 Å². The Morgan fingerprint density at radius 3 is 2.38 bits per heavy atom. The van der Waals surface area contributed by atoms with Crippen LogP contribution in [0.5, 0.6) is 0 Å². The first-order chi connectivity index (χ1) is 11.4. The summed E-state index contributed by atoms with van der Waals surface area (Å²) in [4.78, 5) is 11.6. The minimum Gasteiger partial charge on any atom is -0.273 e. The van der Waals surface area contributed by atoms with Gasteiger partial charge in [0, 0.05) is 12.0 Å². The van der Waals surface area contributed by atoms with Crippen molar-refractivity contribution in [3.63, 3.8) is 0 Å². The number of amides is 1. The topological polar surface area (TPSA) is 41.5 Å². The van der Waals surface area contributed by atoms with Crippen LogP contribution in [0.1, 0.15) is 69.4 Å². The Balaban J connectivity index is 2.31. The van der Waals surface area contributed by atoms with E-state index in [9.17, 15) is 18.0 Å². The van der Waals surface area contributed by atoms with E-state index in [4.69, 9.17) is 0 Å². The lowest BCUT2D eigenvalue weighted by Gasteiger charge is -2.09. The van der Waals surface area contributed by atoms with Crippen LogP contribution in [0.2, 0.25) is 0 Å². The van der Waals surface area contributed by atoms with E-state index in [0.29, 0.717) is 6.42 Å². The molecule has 134 valence electrons. The monoisotopic (exact) mass is 342 g/mol. The summed E-state index contributed by atoms with van der Waals surface area (Å²) >= 11 is 0. The number of hydrazone groups is 1. The number of halogens is 3. The van der Waals surface area contributed by atoms with Gasteiger partial charge >= 0.3 is 6.18 Å². The Morgan fingerprint density at radius 1 is 1.08 bits per heavy atom. The number of alkyl halides is 3. The van der Waals surface area contributed by atoms with Crippen molar-refractivity contribution in [2.24, 2.45) is 5.10 Å². The highest BCUT2D eigenvalue weighted by molar-refractivity contribution is 5.84. The Hall–Kier alpha value is -1.85. The molecule has 1 aromatic rings. The van der Waals surface area contributed by atoms with Crippen LogP contribution in [0, 0.1) is 0 Å². The second-order valence-corrected chi connectivity index (χ2v) is 5.75. The number of nitrogens with zero attached hydrogens (tertiary/aromatic N) is 1. The highest BCUT2D eigenvalue weighted by Gasteiger charge is 2.32. The molecule has 1 amide bonds. The van der Waals surface area contributed by atoms with Gasteiger partial charge in [0.2, 0.25) is 5.91 Å². The van der Waals surface area contributed by atoms with Crippen LogP contribution >= 0.6 is 0 Å². The van der Waals surface area contributed by atoms with Crippen LogP contribution in [-0.4, -0.2) is 12.1 Å². The number of hydrogen-bond acceptors (Lipinski definition) is 2. The predicted octanol–water partition coefficient (Wildman–Crippen LogP) is 5.30. The van der Waals surface area contributed by atoms with Crippen molar-refractivity contribution in [3.8, 4) is 0 Å². The fourth-order valence-corrected chi connectivity index (χ4v) is 2.34. The summed E-state index contributed by atoms with van der Waals surface area (Å²) in [6.45, 7) is 2.16. The number of rotatable bonds is 10. The number of carbonyl (C=O) groups is 1. The molecule has 0 saturated carbocycles. The van der Waals surface area contributed by atoms with Gasteiger partial charge in [-0.15, -0.1) is 0 Å². The summed E-state index contributed by atoms with van der Waals surface area (Å²) < 4.78 is 38.4. The van der Waals surface area contributed by atoms with Crippen molar-refractivity contribution < 1.29 is 18.0 Å². The largest absolute Gasteiger partial charge is 0.417 e. The number of carbonyl (C=O) groups excluding carboxylic acids is 1. The van der Waals surface area contributed by atoms with Crippen molar-refractivity contribution in [1.29, 1.82) is 0 Å². The van der Waals surface area contributed by atoms with Crippen molar-refractivity contribution in [1.82, 2.24) is 5.43 Å². The fraction of sp³-hybridized carbons (Fsp3) is 0.556. The van der Waals surface area contributed by atoms with E-state index < -0.39 is 11.7 Å². The maximum atomic E-state index is 12.8. The Bertz CT molecular complexity index is 527. The zero-order chi connectivity index (χ0) is 17.8. The summed E-state index contributed by atoms with van der Waals surface area (Å²) in [7, 11) is 0. The number of unbranched alkanes of at least 4 members (excludes halogenated alkanes) is 6. The van der Waals surface area contributed by atoms with Gasteiger partial charge in [0.05, 0.1) is 11.8 Å². The molecule has 0 spiro atoms. The lowest BCUT2D eigenvalue weighted by molar-refractivity contribution is -0.137. The number of hydrogen-bond donors (Lipinski definition) is 1. The van der Waals surface area contributed by atoms with Gasteiger partial charge in [-0.05, 0) is 12.5 Å². The molecule has 1 N–H and O–H groups in total. The van der Waals surface area contributed by atoms with Gasteiger partial charge < -0.3 is 0 Å². The zero-order valence-electron chi connectivity index (χ0n) is 14.0. The minimum atomic E-state index is -4.44. The zero-order valence-corrected chi connectivity index (χ0v) is 14.0. The molecule has 0 aliphatic heterocycles. The van der Waals surface area contributed by atoms with Gasteiger partial charge in [-0.2, -0.15) is 18.3 Å². The van der Waals surface area contributed by atoms with Crippen LogP contribution in [-0.2, 0) is 11.0 Å². The maximum Gasteiger partial charge on any atom is 0.417 e. The fourth-order valence-electron chi connectivity index (χ4n) is 2.34. The quantitative estimate of drug-likeness (QED) is 0.350. The molecule has 0 aliphatic carbocycles. The molecule has 0 radical (unpaired) electrons. The molecule has 24 heavy (non-hydrogen) atoms. The van der Waals surface area contributed by atoms with Crippen LogP contribution in [0.4, 0.5) is 13.2 Å². The Morgan fingerprint density at radius 2 is 1.71 bits per heavy atom. The summed E-state index contributed by atoms with van der Waals surface area (Å²) in [5.41, 5.74) is 1.45. The summed E-state index contributed by atoms with van der Waals surface area (Å²) in [6.07, 6.45) is 4.65. The summed E-state index contributed by atoms with van der Waals surface area (Å²) in [6, 6.07) is 5.12. The Labute approximate surface area is 141 Å². The predicted molar refractivity (Wildman–Crippen MR) is 89.8 cm³/mol. The molecule has 0 bridgehead atoms. The summed E-state index contributed by atoms with van der Waals surface area (Å²) in [5.74, 6) is -0.274. The molecule has 3 nitrogen and oxygen atoms in total. The number of nitrogens with one attached hydrogen (secondary N) is 1. The third-order valence-electron chi connectivity index (χ3n) is 3.67. The smallest absolute Gasteiger partial charge is 0.273 e. The van der Waals surface area contributed by atoms with Crippen LogP contribution in [0.15, 0.2) is 29.4 Å². The van der Waals surface area contributed by atoms with Crippen molar-refractivity contribution >= 4 is 12.1 Å². The van der Waals surface area contributed by atoms with Crippen LogP contribution < -0.4 is 5.43 Å². The molecule has 0 heterocycles. The standard InChI is InChI=1S/C18H25F3N2O/c1-2-3-4-5-6-7-8-13-17(24)23-22-14-15-11-9-10-12-16(15)18(19,20)21/h9-12,14H,2-8,13H2,1H3,(H,23,24)/b22-14+. The van der Waals surface area contributed by atoms with E-state index in [0.717, 1.165) is 31.5 Å². The molecule has 0 fully saturated rings. The average molecular weight is 342 g/mol. The number of benzene rings is 1. The molecule has 6 heteroatoms. The van der Waals surface area contributed by atoms with Crippen molar-refractivity contribution in [2.75, 3.05) is 0 Å². The van der Waals surface area contributed by atoms with Gasteiger partial charge in [-0.3, -0.25) is 4.79 Å². The molecular formula is C18H25F3N2O. The van der Waals surface area contributed by atoms with E-state index in [1.807, 2.05) is 0 Å². The normalized spacial score (nSPS) is 11.8. The van der Waals surface area contributed by atoms with Crippen LogP contribution in [0.25, 0.3) is 0 Å². The second-order valence-electron chi connectivity index (χ2n) is 5.75. The van der Waals surface area contributed by atoms with Crippen LogP contribution in [0.3, 0.4) is 0 Å². The van der Waals surface area contributed by atoms with E-state index in [-0.39, 0.29) is 11.5 Å². The molecule has 0 aliphatic rings. The van der Waals surface area contributed by atoms with E-state index in [1.54, 1.807) is 0 Å². The maximum absolute atomic E-state index is 12.8. The van der Waals surface area contributed by atoms with E-state index in [1.165, 1.54) is 43.9 Å². The molecule has 0 atom stereocenters. The average Bonchev–Trinajstić information content (AvgIpc) is 2.53. The Kier molecular flexibility index (Phi) is 9.12. The highest BCUT2D eigenvalue weighted by atomic mass is 19.4. The lowest BCUT2D eigenvalue weighted by Crippen LogP contribution is -2.17. The van der Waals surface area contributed by atoms with Crippen molar-refractivity contribution in [3.05, 3.63) is 35.4 Å². The molecule has 0 unspecified atom stereocenters. The van der Waals surface area contributed by atoms with Gasteiger partial charge in [0.25, 0.3) is 0 Å². The SMILES string of the molecule is CCCCCCCCCC(=O)N/N=C/c1ccccc1C(F)(F)F. The summed E-state index contributed by atoms with van der Waals surface area (Å²) in [5, 5.41) is 3.63. The first kappa shape index (κ1) is 20.2. The third-order valence-corrected chi connectivity index (χ3v) is 3.67. The first-order valence-corrected chi connectivity index (χ1v) is 8.43. The highest BCUT2D eigenvalue weighted by Crippen LogP contribution is 2.30. The van der Waals surface area contributed by atoms with E-state index in [2.05, 4.69) is 17.5 Å². The lowest BCUT2D eigenvalue weighted by atomic mass is 10.1. The molecule has 0 aromatic heterocycles. The molecular weight excluding hydrogens is 317 g/mol. The molecule has 1 rings (SSSR count). The minimum absolute atomic E-state index is 0.0683. The molecule has 0 saturated heterocycles. The van der Waals surface area contributed by atoms with Crippen molar-refractivity contribution in [2.45, 2.75) is 64.5 Å². The van der Waals surface area contributed by atoms with Gasteiger partial charge in [0.1, 0.15) is 0 Å².